The minimum Gasteiger partial charge on any atom is -0.468 e. The highest BCUT2D eigenvalue weighted by Crippen LogP contribution is 2.27. The molecule has 20 heavy (non-hydrogen) atoms. The van der Waals surface area contributed by atoms with Crippen LogP contribution in [0.3, 0.4) is 0 Å². The van der Waals surface area contributed by atoms with Gasteiger partial charge in [0, 0.05) is 15.1 Å². The van der Waals surface area contributed by atoms with E-state index < -0.39 is 5.97 Å². The second-order valence-corrected chi connectivity index (χ2v) is 5.97. The number of carbonyl (C=O) groups excluding carboxylic acids is 2. The molecule has 7 heteroatoms. The Morgan fingerprint density at radius 2 is 2.00 bits per heavy atom. The first kappa shape index (κ1) is 17.5. The molecular formula is C13H14Cl2INO3. The summed E-state index contributed by atoms with van der Waals surface area (Å²) in [6, 6.07) is 3.13. The topological polar surface area (TPSA) is 46.6 Å². The molecule has 0 N–H and O–H groups in total. The summed E-state index contributed by atoms with van der Waals surface area (Å²) >= 11 is 13.9. The van der Waals surface area contributed by atoms with Gasteiger partial charge in [-0.3, -0.25) is 9.59 Å². The zero-order chi connectivity index (χ0) is 15.3. The lowest BCUT2D eigenvalue weighted by atomic mass is 10.2. The predicted octanol–water partition coefficient (Wildman–Crippen LogP) is 3.62. The molecule has 0 aliphatic heterocycles. The Labute approximate surface area is 141 Å². The van der Waals surface area contributed by atoms with Crippen LogP contribution in [-0.2, 0) is 9.53 Å². The largest absolute Gasteiger partial charge is 0.468 e. The van der Waals surface area contributed by atoms with Crippen molar-refractivity contribution in [3.8, 4) is 0 Å². The summed E-state index contributed by atoms with van der Waals surface area (Å²) < 4.78 is 5.22. The SMILES string of the molecule is CCCN(CC(=O)OC)C(=O)c1cc(Cl)cc(Cl)c1I. The van der Waals surface area contributed by atoms with Crippen molar-refractivity contribution in [2.75, 3.05) is 20.2 Å². The van der Waals surface area contributed by atoms with E-state index in [1.54, 1.807) is 12.1 Å². The van der Waals surface area contributed by atoms with E-state index in [1.807, 2.05) is 29.5 Å². The summed E-state index contributed by atoms with van der Waals surface area (Å²) in [7, 11) is 1.29. The van der Waals surface area contributed by atoms with Crippen LogP contribution >= 0.6 is 45.8 Å². The van der Waals surface area contributed by atoms with Gasteiger partial charge in [0.05, 0.1) is 17.7 Å². The van der Waals surface area contributed by atoms with Crippen molar-refractivity contribution in [3.05, 3.63) is 31.3 Å². The summed E-state index contributed by atoms with van der Waals surface area (Å²) in [5.74, 6) is -0.749. The van der Waals surface area contributed by atoms with Gasteiger partial charge in [-0.2, -0.15) is 0 Å². The minimum absolute atomic E-state index is 0.0939. The summed E-state index contributed by atoms with van der Waals surface area (Å²) in [5, 5.41) is 0.796. The molecule has 0 heterocycles. The van der Waals surface area contributed by atoms with Gasteiger partial charge in [0.25, 0.3) is 5.91 Å². The van der Waals surface area contributed by atoms with Crippen LogP contribution < -0.4 is 0 Å². The van der Waals surface area contributed by atoms with Gasteiger partial charge in [0.1, 0.15) is 6.54 Å². The molecule has 4 nitrogen and oxygen atoms in total. The van der Waals surface area contributed by atoms with Gasteiger partial charge in [0.2, 0.25) is 0 Å². The highest BCUT2D eigenvalue weighted by Gasteiger charge is 2.22. The van der Waals surface area contributed by atoms with Crippen molar-refractivity contribution >= 4 is 57.7 Å². The first-order chi connectivity index (χ1) is 9.40. The first-order valence-electron chi connectivity index (χ1n) is 5.91. The van der Waals surface area contributed by atoms with Crippen molar-refractivity contribution in [1.29, 1.82) is 0 Å². The maximum absolute atomic E-state index is 12.5. The second-order valence-electron chi connectivity index (χ2n) is 4.05. The fourth-order valence-corrected chi connectivity index (χ4v) is 2.66. The van der Waals surface area contributed by atoms with E-state index in [-0.39, 0.29) is 12.5 Å². The maximum atomic E-state index is 12.5. The summed E-state index contributed by atoms with van der Waals surface area (Å²) in [6.45, 7) is 2.28. The minimum atomic E-state index is -0.463. The molecule has 0 radical (unpaired) electrons. The Bertz CT molecular complexity index is 523. The molecule has 1 rings (SSSR count). The highest BCUT2D eigenvalue weighted by molar-refractivity contribution is 14.1. The van der Waals surface area contributed by atoms with E-state index in [0.29, 0.717) is 25.7 Å². The smallest absolute Gasteiger partial charge is 0.325 e. The second kappa shape index (κ2) is 8.05. The molecule has 0 unspecified atom stereocenters. The van der Waals surface area contributed by atoms with Crippen molar-refractivity contribution < 1.29 is 14.3 Å². The molecule has 0 saturated heterocycles. The van der Waals surface area contributed by atoms with Gasteiger partial charge in [0.15, 0.2) is 0 Å². The lowest BCUT2D eigenvalue weighted by Crippen LogP contribution is -2.37. The zero-order valence-corrected chi connectivity index (χ0v) is 14.8. The zero-order valence-electron chi connectivity index (χ0n) is 11.1. The molecule has 1 aromatic carbocycles. The Morgan fingerprint density at radius 3 is 2.55 bits per heavy atom. The van der Waals surface area contributed by atoms with Gasteiger partial charge < -0.3 is 9.64 Å². The number of esters is 1. The van der Waals surface area contributed by atoms with E-state index in [4.69, 9.17) is 23.2 Å². The first-order valence-corrected chi connectivity index (χ1v) is 7.74. The lowest BCUT2D eigenvalue weighted by molar-refractivity contribution is -0.141. The standard InChI is InChI=1S/C13H14Cl2INO3/c1-3-4-17(7-11(18)20-2)13(19)9-5-8(14)6-10(15)12(9)16/h5-6H,3-4,7H2,1-2H3. The number of halogens is 3. The Kier molecular flexibility index (Phi) is 7.05. The monoisotopic (exact) mass is 429 g/mol. The molecule has 0 aliphatic carbocycles. The fourth-order valence-electron chi connectivity index (χ4n) is 1.62. The average Bonchev–Trinajstić information content (AvgIpc) is 2.41. The molecule has 0 saturated carbocycles. The van der Waals surface area contributed by atoms with Crippen LogP contribution in [0.5, 0.6) is 0 Å². The third-order valence-electron chi connectivity index (χ3n) is 2.55. The summed E-state index contributed by atoms with van der Waals surface area (Å²) in [4.78, 5) is 25.3. The molecule has 0 aliphatic rings. The van der Waals surface area contributed by atoms with Gasteiger partial charge in [-0.25, -0.2) is 0 Å². The number of benzene rings is 1. The van der Waals surface area contributed by atoms with Crippen LogP contribution in [0.25, 0.3) is 0 Å². The van der Waals surface area contributed by atoms with Crippen molar-refractivity contribution in [3.63, 3.8) is 0 Å². The highest BCUT2D eigenvalue weighted by atomic mass is 127. The van der Waals surface area contributed by atoms with E-state index in [9.17, 15) is 9.59 Å². The molecule has 0 bridgehead atoms. The van der Waals surface area contributed by atoms with Crippen LogP contribution in [0, 0.1) is 3.57 Å². The number of hydrogen-bond acceptors (Lipinski definition) is 3. The van der Waals surface area contributed by atoms with Crippen molar-refractivity contribution in [2.24, 2.45) is 0 Å². The molecule has 1 amide bonds. The van der Waals surface area contributed by atoms with Crippen LogP contribution in [0.4, 0.5) is 0 Å². The van der Waals surface area contributed by atoms with Crippen molar-refractivity contribution in [1.82, 2.24) is 4.90 Å². The quantitative estimate of drug-likeness (QED) is 0.408. The molecule has 0 fully saturated rings. The molecule has 0 aromatic heterocycles. The number of nitrogens with zero attached hydrogens (tertiary/aromatic N) is 1. The summed E-state index contributed by atoms with van der Waals surface area (Å²) in [5.41, 5.74) is 0.389. The van der Waals surface area contributed by atoms with E-state index >= 15 is 0 Å². The number of hydrogen-bond donors (Lipinski definition) is 0. The molecule has 0 atom stereocenters. The van der Waals surface area contributed by atoms with E-state index in [0.717, 1.165) is 6.42 Å². The maximum Gasteiger partial charge on any atom is 0.325 e. The molecule has 110 valence electrons. The summed E-state index contributed by atoms with van der Waals surface area (Å²) in [6.07, 6.45) is 0.730. The lowest BCUT2D eigenvalue weighted by Gasteiger charge is -2.21. The Balaban J connectivity index is 3.09. The number of ether oxygens (including phenoxy) is 1. The van der Waals surface area contributed by atoms with Crippen LogP contribution in [0.1, 0.15) is 23.7 Å². The van der Waals surface area contributed by atoms with E-state index in [1.165, 1.54) is 12.0 Å². The predicted molar refractivity (Wildman–Crippen MR) is 87.4 cm³/mol. The average molecular weight is 430 g/mol. The Morgan fingerprint density at radius 1 is 1.35 bits per heavy atom. The van der Waals surface area contributed by atoms with E-state index in [2.05, 4.69) is 4.74 Å². The van der Waals surface area contributed by atoms with Gasteiger partial charge in [-0.15, -0.1) is 0 Å². The van der Waals surface area contributed by atoms with Crippen LogP contribution in [-0.4, -0.2) is 37.0 Å². The normalized spacial score (nSPS) is 10.2. The number of carbonyl (C=O) groups is 2. The van der Waals surface area contributed by atoms with Crippen molar-refractivity contribution in [2.45, 2.75) is 13.3 Å². The van der Waals surface area contributed by atoms with Gasteiger partial charge >= 0.3 is 5.97 Å². The number of rotatable bonds is 5. The fraction of sp³-hybridized carbons (Fsp3) is 0.385. The molecule has 0 spiro atoms. The Hall–Kier alpha value is -0.530. The van der Waals surface area contributed by atoms with Crippen LogP contribution in [0.2, 0.25) is 10.0 Å². The third-order valence-corrected chi connectivity index (χ3v) is 4.55. The third kappa shape index (κ3) is 4.49. The molecular weight excluding hydrogens is 416 g/mol. The van der Waals surface area contributed by atoms with Gasteiger partial charge in [-0.05, 0) is 41.1 Å². The molecule has 1 aromatic rings. The number of amides is 1. The number of methoxy groups -OCH3 is 1. The van der Waals surface area contributed by atoms with Gasteiger partial charge in [-0.1, -0.05) is 30.1 Å². The van der Waals surface area contributed by atoms with Crippen LogP contribution in [0.15, 0.2) is 12.1 Å².